The standard InChI is InChI=1S/C12H24N2O2S/c1-9-5-11(2,3)8-12(6-9)10(13)7-17(15,16)14(12)4/h9-10H,5-8,13H2,1-4H3. The number of nitrogens with zero attached hydrogens (tertiary/aromatic N) is 1. The van der Waals surface area contributed by atoms with Crippen LogP contribution in [0.5, 0.6) is 0 Å². The monoisotopic (exact) mass is 260 g/mol. The second-order valence-corrected chi connectivity index (χ2v) is 8.86. The molecule has 0 bridgehead atoms. The van der Waals surface area contributed by atoms with E-state index < -0.39 is 10.0 Å². The molecule has 5 heteroatoms. The Morgan fingerprint density at radius 3 is 2.29 bits per heavy atom. The van der Waals surface area contributed by atoms with Gasteiger partial charge in [-0.05, 0) is 30.6 Å². The van der Waals surface area contributed by atoms with Gasteiger partial charge < -0.3 is 5.73 Å². The third-order valence-corrected chi connectivity index (χ3v) is 6.49. The highest BCUT2D eigenvalue weighted by Gasteiger charge is 2.57. The maximum Gasteiger partial charge on any atom is 0.216 e. The lowest BCUT2D eigenvalue weighted by molar-refractivity contribution is 0.0373. The van der Waals surface area contributed by atoms with Crippen molar-refractivity contribution < 1.29 is 8.42 Å². The molecule has 3 atom stereocenters. The molecule has 0 radical (unpaired) electrons. The highest BCUT2D eigenvalue weighted by molar-refractivity contribution is 7.89. The number of sulfonamides is 1. The van der Waals surface area contributed by atoms with E-state index in [1.54, 1.807) is 11.4 Å². The van der Waals surface area contributed by atoms with Crippen LogP contribution in [0.1, 0.15) is 40.0 Å². The van der Waals surface area contributed by atoms with E-state index >= 15 is 0 Å². The van der Waals surface area contributed by atoms with Gasteiger partial charge in [0.1, 0.15) is 0 Å². The van der Waals surface area contributed by atoms with Crippen molar-refractivity contribution >= 4 is 10.0 Å². The second kappa shape index (κ2) is 3.68. The van der Waals surface area contributed by atoms with Gasteiger partial charge in [0.25, 0.3) is 0 Å². The van der Waals surface area contributed by atoms with E-state index in [4.69, 9.17) is 5.73 Å². The summed E-state index contributed by atoms with van der Waals surface area (Å²) >= 11 is 0. The Morgan fingerprint density at radius 2 is 1.88 bits per heavy atom. The van der Waals surface area contributed by atoms with Crippen LogP contribution in [0.3, 0.4) is 0 Å². The SMILES string of the molecule is CC1CC(C)(C)CC2(C1)C(N)CS(=O)(=O)N2C. The summed E-state index contributed by atoms with van der Waals surface area (Å²) < 4.78 is 25.6. The molecule has 1 aliphatic carbocycles. The minimum atomic E-state index is -3.15. The van der Waals surface area contributed by atoms with Crippen LogP contribution in [0.25, 0.3) is 0 Å². The molecule has 1 saturated carbocycles. The first-order valence-electron chi connectivity index (χ1n) is 6.31. The molecular weight excluding hydrogens is 236 g/mol. The predicted molar refractivity (Wildman–Crippen MR) is 69.1 cm³/mol. The van der Waals surface area contributed by atoms with Gasteiger partial charge in [0.2, 0.25) is 10.0 Å². The Kier molecular flexibility index (Phi) is 2.88. The molecule has 1 spiro atoms. The Hall–Kier alpha value is -0.130. The van der Waals surface area contributed by atoms with Gasteiger partial charge in [0.15, 0.2) is 0 Å². The maximum absolute atomic E-state index is 12.0. The minimum absolute atomic E-state index is 0.103. The number of hydrogen-bond acceptors (Lipinski definition) is 3. The Balaban J connectivity index is 2.42. The maximum atomic E-state index is 12.0. The van der Waals surface area contributed by atoms with Crippen molar-refractivity contribution in [1.82, 2.24) is 4.31 Å². The molecule has 4 nitrogen and oxygen atoms in total. The topological polar surface area (TPSA) is 63.4 Å². The smallest absolute Gasteiger partial charge is 0.216 e. The first kappa shape index (κ1) is 13.3. The molecule has 2 aliphatic rings. The molecule has 1 saturated heterocycles. The Labute approximate surface area is 105 Å². The van der Waals surface area contributed by atoms with E-state index in [0.717, 1.165) is 19.3 Å². The molecule has 100 valence electrons. The zero-order valence-electron chi connectivity index (χ0n) is 11.2. The first-order valence-corrected chi connectivity index (χ1v) is 7.92. The Morgan fingerprint density at radius 1 is 1.29 bits per heavy atom. The van der Waals surface area contributed by atoms with E-state index in [-0.39, 0.29) is 22.7 Å². The van der Waals surface area contributed by atoms with Gasteiger partial charge in [-0.1, -0.05) is 20.8 Å². The fourth-order valence-corrected chi connectivity index (χ4v) is 5.93. The zero-order chi connectivity index (χ0) is 13.1. The van der Waals surface area contributed by atoms with Crippen molar-refractivity contribution in [3.8, 4) is 0 Å². The van der Waals surface area contributed by atoms with Crippen molar-refractivity contribution in [2.24, 2.45) is 17.1 Å². The number of hydrogen-bond donors (Lipinski definition) is 1. The predicted octanol–water partition coefficient (Wildman–Crippen LogP) is 1.17. The third-order valence-electron chi connectivity index (χ3n) is 4.51. The molecule has 0 amide bonds. The van der Waals surface area contributed by atoms with Crippen molar-refractivity contribution in [3.05, 3.63) is 0 Å². The summed E-state index contributed by atoms with van der Waals surface area (Å²) in [5, 5.41) is 0. The van der Waals surface area contributed by atoms with Crippen LogP contribution in [0.15, 0.2) is 0 Å². The van der Waals surface area contributed by atoms with Crippen molar-refractivity contribution in [2.45, 2.75) is 51.6 Å². The molecule has 0 aromatic carbocycles. The van der Waals surface area contributed by atoms with Crippen molar-refractivity contribution in [1.29, 1.82) is 0 Å². The van der Waals surface area contributed by atoms with Gasteiger partial charge in [0.05, 0.1) is 11.3 Å². The van der Waals surface area contributed by atoms with E-state index in [9.17, 15) is 8.42 Å². The van der Waals surface area contributed by atoms with Crippen molar-refractivity contribution in [2.75, 3.05) is 12.8 Å². The average molecular weight is 260 g/mol. The second-order valence-electron chi connectivity index (χ2n) is 6.81. The molecule has 0 aromatic rings. The van der Waals surface area contributed by atoms with E-state index in [1.165, 1.54) is 0 Å². The molecule has 3 unspecified atom stereocenters. The lowest BCUT2D eigenvalue weighted by atomic mass is 9.62. The number of likely N-dealkylation sites (N-methyl/N-ethyl adjacent to an activating group) is 1. The van der Waals surface area contributed by atoms with Crippen LogP contribution in [0.2, 0.25) is 0 Å². The zero-order valence-corrected chi connectivity index (χ0v) is 12.0. The lowest BCUT2D eigenvalue weighted by Gasteiger charge is -2.50. The van der Waals surface area contributed by atoms with Gasteiger partial charge in [-0.3, -0.25) is 0 Å². The number of nitrogens with two attached hydrogens (primary N) is 1. The van der Waals surface area contributed by atoms with Gasteiger partial charge >= 0.3 is 0 Å². The van der Waals surface area contributed by atoms with E-state index in [1.807, 2.05) is 0 Å². The Bertz CT molecular complexity index is 418. The summed E-state index contributed by atoms with van der Waals surface area (Å²) in [5.74, 6) is 0.632. The van der Waals surface area contributed by atoms with E-state index in [2.05, 4.69) is 20.8 Å². The van der Waals surface area contributed by atoms with Gasteiger partial charge in [-0.15, -0.1) is 0 Å². The van der Waals surface area contributed by atoms with Crippen LogP contribution in [-0.4, -0.2) is 37.1 Å². The van der Waals surface area contributed by atoms with Crippen molar-refractivity contribution in [3.63, 3.8) is 0 Å². The van der Waals surface area contributed by atoms with Crippen LogP contribution in [-0.2, 0) is 10.0 Å². The summed E-state index contributed by atoms with van der Waals surface area (Å²) in [6.45, 7) is 6.64. The summed E-state index contributed by atoms with van der Waals surface area (Å²) in [7, 11) is -1.44. The minimum Gasteiger partial charge on any atom is -0.325 e. The molecule has 17 heavy (non-hydrogen) atoms. The first-order chi connectivity index (χ1) is 7.59. The van der Waals surface area contributed by atoms with Crippen LogP contribution in [0.4, 0.5) is 0 Å². The average Bonchev–Trinajstić information content (AvgIpc) is 2.24. The summed E-state index contributed by atoms with van der Waals surface area (Å²) in [6.07, 6.45) is 2.92. The molecule has 2 fully saturated rings. The molecular formula is C12H24N2O2S. The molecule has 1 heterocycles. The molecule has 2 N–H and O–H groups in total. The normalized spacial score (nSPS) is 45.2. The van der Waals surface area contributed by atoms with Crippen LogP contribution < -0.4 is 5.73 Å². The van der Waals surface area contributed by atoms with Crippen LogP contribution >= 0.6 is 0 Å². The number of rotatable bonds is 0. The summed E-state index contributed by atoms with van der Waals surface area (Å²) in [6, 6.07) is -0.250. The molecule has 1 aliphatic heterocycles. The highest BCUT2D eigenvalue weighted by Crippen LogP contribution is 2.50. The van der Waals surface area contributed by atoms with Gasteiger partial charge in [0, 0.05) is 13.1 Å². The van der Waals surface area contributed by atoms with Crippen LogP contribution in [0, 0.1) is 11.3 Å². The van der Waals surface area contributed by atoms with E-state index in [0.29, 0.717) is 5.92 Å². The summed E-state index contributed by atoms with van der Waals surface area (Å²) in [5.41, 5.74) is 6.00. The molecule has 0 aromatic heterocycles. The highest BCUT2D eigenvalue weighted by atomic mass is 32.2. The van der Waals surface area contributed by atoms with Gasteiger partial charge in [-0.2, -0.15) is 4.31 Å². The molecule has 2 rings (SSSR count). The van der Waals surface area contributed by atoms with Gasteiger partial charge in [-0.25, -0.2) is 8.42 Å². The lowest BCUT2D eigenvalue weighted by Crippen LogP contribution is -2.58. The summed E-state index contributed by atoms with van der Waals surface area (Å²) in [4.78, 5) is 0. The fourth-order valence-electron chi connectivity index (χ4n) is 4.12. The fraction of sp³-hybridized carbons (Fsp3) is 1.00. The largest absolute Gasteiger partial charge is 0.325 e. The third kappa shape index (κ3) is 2.02. The quantitative estimate of drug-likeness (QED) is 0.711.